The Labute approximate surface area is 73.1 Å². The van der Waals surface area contributed by atoms with Crippen LogP contribution in [0.25, 0.3) is 6.08 Å². The molecule has 0 saturated heterocycles. The zero-order chi connectivity index (χ0) is 9.19. The van der Waals surface area contributed by atoms with E-state index in [1.165, 1.54) is 12.1 Å². The number of benzene rings is 1. The summed E-state index contributed by atoms with van der Waals surface area (Å²) in [6.45, 7) is 3.53. The second-order valence-corrected chi connectivity index (χ2v) is 5.71. The van der Waals surface area contributed by atoms with E-state index in [0.29, 0.717) is 0 Å². The standard InChI is InChI=1S/C8H10O3Se/c1-2-7-3-5-8(6-4-7)12(9,10)11/h2-6,12H,1H2,(H2,9,10,11). The predicted octanol–water partition coefficient (Wildman–Crippen LogP) is -0.377. The molecule has 0 bridgehead atoms. The van der Waals surface area contributed by atoms with Gasteiger partial charge >= 0.3 is 72.6 Å². The van der Waals surface area contributed by atoms with E-state index in [1.807, 2.05) is 0 Å². The minimum absolute atomic E-state index is 0.0960. The summed E-state index contributed by atoms with van der Waals surface area (Å²) in [5.74, 6) is 0. The van der Waals surface area contributed by atoms with Crippen LogP contribution in [0.15, 0.2) is 30.8 Å². The van der Waals surface area contributed by atoms with E-state index in [4.69, 9.17) is 8.38 Å². The summed E-state index contributed by atoms with van der Waals surface area (Å²) in [5.41, 5.74) is 0.850. The number of hydrogen-bond donors (Lipinski definition) is 2. The molecule has 0 aliphatic rings. The zero-order valence-electron chi connectivity index (χ0n) is 6.34. The topological polar surface area (TPSA) is 57.5 Å². The molecule has 0 radical (unpaired) electrons. The fourth-order valence-corrected chi connectivity index (χ4v) is 1.93. The molecule has 3 nitrogen and oxygen atoms in total. The van der Waals surface area contributed by atoms with Crippen LogP contribution < -0.4 is 4.46 Å². The van der Waals surface area contributed by atoms with Gasteiger partial charge in [-0.1, -0.05) is 0 Å². The second kappa shape index (κ2) is 3.29. The van der Waals surface area contributed by atoms with Crippen LogP contribution in [0.4, 0.5) is 0 Å². The minimum atomic E-state index is -4.67. The van der Waals surface area contributed by atoms with Crippen LogP contribution in [0.2, 0.25) is 0 Å². The van der Waals surface area contributed by atoms with Crippen molar-refractivity contribution < 1.29 is 12.2 Å². The first-order chi connectivity index (χ1) is 5.54. The van der Waals surface area contributed by atoms with Crippen LogP contribution >= 0.6 is 0 Å². The first kappa shape index (κ1) is 9.29. The molecule has 1 rings (SSSR count). The molecule has 0 atom stereocenters. The van der Waals surface area contributed by atoms with Crippen molar-refractivity contribution in [1.82, 2.24) is 0 Å². The first-order valence-corrected chi connectivity index (χ1v) is 6.71. The van der Waals surface area contributed by atoms with E-state index < -0.39 is 13.4 Å². The Morgan fingerprint density at radius 3 is 2.08 bits per heavy atom. The van der Waals surface area contributed by atoms with Crippen LogP contribution in [-0.2, 0) is 3.83 Å². The molecule has 0 spiro atoms. The van der Waals surface area contributed by atoms with Crippen LogP contribution in [0.1, 0.15) is 5.56 Å². The van der Waals surface area contributed by atoms with E-state index in [0.717, 1.165) is 5.56 Å². The fourth-order valence-electron chi connectivity index (χ4n) is 0.805. The molecule has 4 heteroatoms. The van der Waals surface area contributed by atoms with Gasteiger partial charge in [0.2, 0.25) is 0 Å². The van der Waals surface area contributed by atoms with Crippen molar-refractivity contribution in [3.8, 4) is 0 Å². The molecule has 2 N–H and O–H groups in total. The van der Waals surface area contributed by atoms with Crippen LogP contribution in [0, 0.1) is 0 Å². The summed E-state index contributed by atoms with van der Waals surface area (Å²) in [6, 6.07) is 6.11. The van der Waals surface area contributed by atoms with Crippen LogP contribution in [0.3, 0.4) is 0 Å². The third-order valence-electron chi connectivity index (χ3n) is 1.47. The number of rotatable bonds is 2. The summed E-state index contributed by atoms with van der Waals surface area (Å²) < 4.78 is 28.5. The Kier molecular flexibility index (Phi) is 2.55. The molecular weight excluding hydrogens is 223 g/mol. The van der Waals surface area contributed by atoms with Gasteiger partial charge in [-0.15, -0.1) is 0 Å². The third-order valence-corrected chi connectivity index (χ3v) is 3.50. The molecule has 0 aliphatic heterocycles. The summed E-state index contributed by atoms with van der Waals surface area (Å²) in [7, 11) is 0. The van der Waals surface area contributed by atoms with Crippen molar-refractivity contribution in [3.63, 3.8) is 0 Å². The van der Waals surface area contributed by atoms with E-state index in [1.54, 1.807) is 18.2 Å². The molecular formula is C8H10O3Se. The predicted molar refractivity (Wildman–Crippen MR) is 48.4 cm³/mol. The van der Waals surface area contributed by atoms with Gasteiger partial charge in [-0.05, 0) is 0 Å². The average molecular weight is 233 g/mol. The molecule has 1 aromatic carbocycles. The Morgan fingerprint density at radius 1 is 1.25 bits per heavy atom. The first-order valence-electron chi connectivity index (χ1n) is 3.32. The Morgan fingerprint density at radius 2 is 1.75 bits per heavy atom. The van der Waals surface area contributed by atoms with Gasteiger partial charge in [-0.3, -0.25) is 0 Å². The monoisotopic (exact) mass is 234 g/mol. The summed E-state index contributed by atoms with van der Waals surface area (Å²) in [6.07, 6.45) is 1.62. The molecule has 1 aromatic rings. The second-order valence-electron chi connectivity index (χ2n) is 2.34. The quantitative estimate of drug-likeness (QED) is 0.685. The summed E-state index contributed by atoms with van der Waals surface area (Å²) >= 11 is -4.67. The Hall–Kier alpha value is -0.801. The van der Waals surface area contributed by atoms with Crippen molar-refractivity contribution in [2.75, 3.05) is 0 Å². The van der Waals surface area contributed by atoms with E-state index in [9.17, 15) is 3.83 Å². The van der Waals surface area contributed by atoms with E-state index in [2.05, 4.69) is 6.58 Å². The van der Waals surface area contributed by atoms with Crippen LogP contribution in [0.5, 0.6) is 0 Å². The zero-order valence-corrected chi connectivity index (χ0v) is 8.22. The SMILES string of the molecule is C=Cc1ccc([SeH](=O)(O)O)cc1. The summed E-state index contributed by atoms with van der Waals surface area (Å²) in [5, 5.41) is 0. The van der Waals surface area contributed by atoms with Crippen molar-refractivity contribution in [2.45, 2.75) is 0 Å². The molecule has 0 fully saturated rings. The third kappa shape index (κ3) is 2.09. The maximum absolute atomic E-state index is 10.8. The Bertz CT molecular complexity index is 323. The van der Waals surface area contributed by atoms with Gasteiger partial charge < -0.3 is 0 Å². The molecule has 0 aliphatic carbocycles. The van der Waals surface area contributed by atoms with Crippen LogP contribution in [-0.4, -0.2) is 21.8 Å². The van der Waals surface area contributed by atoms with Gasteiger partial charge in [0, 0.05) is 0 Å². The van der Waals surface area contributed by atoms with E-state index in [-0.39, 0.29) is 4.46 Å². The van der Waals surface area contributed by atoms with Crippen molar-refractivity contribution in [3.05, 3.63) is 36.4 Å². The number of hydrogen-bond acceptors (Lipinski definition) is 1. The average Bonchev–Trinajstić information content (AvgIpc) is 2.03. The van der Waals surface area contributed by atoms with Crippen molar-refractivity contribution >= 4 is 24.0 Å². The molecule has 0 amide bonds. The molecule has 12 heavy (non-hydrogen) atoms. The molecule has 0 heterocycles. The van der Waals surface area contributed by atoms with Gasteiger partial charge in [-0.2, -0.15) is 0 Å². The van der Waals surface area contributed by atoms with Gasteiger partial charge in [0.1, 0.15) is 0 Å². The summed E-state index contributed by atoms with van der Waals surface area (Å²) in [4.78, 5) is 0. The van der Waals surface area contributed by atoms with E-state index >= 15 is 0 Å². The Balaban J connectivity index is 3.08. The van der Waals surface area contributed by atoms with Gasteiger partial charge in [-0.25, -0.2) is 0 Å². The van der Waals surface area contributed by atoms with Gasteiger partial charge in [0.25, 0.3) is 0 Å². The molecule has 66 valence electrons. The van der Waals surface area contributed by atoms with Crippen molar-refractivity contribution in [1.29, 1.82) is 0 Å². The van der Waals surface area contributed by atoms with Crippen molar-refractivity contribution in [2.24, 2.45) is 0 Å². The van der Waals surface area contributed by atoms with Gasteiger partial charge in [0.15, 0.2) is 0 Å². The normalized spacial score (nSPS) is 12.5. The fraction of sp³-hybridized carbons (Fsp3) is 0. The molecule has 0 saturated carbocycles. The molecule has 0 aromatic heterocycles. The molecule has 0 unspecified atom stereocenters. The maximum atomic E-state index is 10.8. The van der Waals surface area contributed by atoms with Gasteiger partial charge in [0.05, 0.1) is 0 Å².